The van der Waals surface area contributed by atoms with Crippen molar-refractivity contribution in [2.45, 2.75) is 23.0 Å². The zero-order valence-corrected chi connectivity index (χ0v) is 19.6. The molecular formula is C24H19Cl2F2NO3S. The summed E-state index contributed by atoms with van der Waals surface area (Å²) in [6, 6.07) is 14.4. The normalized spacial score (nSPS) is 15.0. The van der Waals surface area contributed by atoms with Gasteiger partial charge in [-0.25, -0.2) is 17.2 Å². The minimum absolute atomic E-state index is 0.165. The van der Waals surface area contributed by atoms with Gasteiger partial charge in [-0.05, 0) is 54.8 Å². The number of rotatable bonds is 4. The fourth-order valence-corrected chi connectivity index (χ4v) is 6.19. The molecule has 0 atom stereocenters. The number of sulfone groups is 1. The van der Waals surface area contributed by atoms with E-state index in [2.05, 4.69) is 0 Å². The average molecular weight is 510 g/mol. The van der Waals surface area contributed by atoms with E-state index in [-0.39, 0.29) is 36.4 Å². The summed E-state index contributed by atoms with van der Waals surface area (Å²) in [5.74, 6) is -2.28. The topological polar surface area (TPSA) is 54.5 Å². The van der Waals surface area contributed by atoms with E-state index in [1.807, 2.05) is 0 Å². The predicted octanol–water partition coefficient (Wildman–Crippen LogP) is 6.02. The summed E-state index contributed by atoms with van der Waals surface area (Å²) < 4.78 is 53.3. The Balaban J connectivity index is 1.46. The monoisotopic (exact) mass is 509 g/mol. The van der Waals surface area contributed by atoms with Gasteiger partial charge in [-0.3, -0.25) is 4.79 Å². The second kappa shape index (κ2) is 9.41. The second-order valence-corrected chi connectivity index (χ2v) is 10.9. The summed E-state index contributed by atoms with van der Waals surface area (Å²) in [7, 11) is -3.62. The van der Waals surface area contributed by atoms with Gasteiger partial charge in [-0.1, -0.05) is 41.4 Å². The molecule has 4 nitrogen and oxygen atoms in total. The number of benzene rings is 3. The van der Waals surface area contributed by atoms with Gasteiger partial charge in [-0.15, -0.1) is 0 Å². The maximum atomic E-state index is 13.9. The van der Waals surface area contributed by atoms with E-state index in [1.165, 1.54) is 4.90 Å². The van der Waals surface area contributed by atoms with Crippen molar-refractivity contribution in [1.29, 1.82) is 0 Å². The molecule has 0 aromatic heterocycles. The number of piperidine rings is 1. The molecule has 0 radical (unpaired) electrons. The SMILES string of the molecule is O=C(c1ccc(F)cc1F)N1CCC(S(=O)(=O)c2ccc(-c3ccc(Cl)cc3Cl)cc2)CC1. The van der Waals surface area contributed by atoms with Crippen molar-refractivity contribution in [1.82, 2.24) is 4.90 Å². The molecule has 0 saturated carbocycles. The Morgan fingerprint density at radius 2 is 1.58 bits per heavy atom. The number of nitrogens with zero attached hydrogens (tertiary/aromatic N) is 1. The molecule has 0 aliphatic carbocycles. The number of amides is 1. The first-order chi connectivity index (χ1) is 15.7. The van der Waals surface area contributed by atoms with Crippen LogP contribution in [0.3, 0.4) is 0 Å². The maximum Gasteiger partial charge on any atom is 0.256 e. The number of carbonyl (C=O) groups is 1. The largest absolute Gasteiger partial charge is 0.338 e. The van der Waals surface area contributed by atoms with Crippen LogP contribution in [0.5, 0.6) is 0 Å². The standard InChI is InChI=1S/C24H19Cl2F2NO3S/c25-16-3-7-20(22(26)13-16)15-1-5-18(6-2-15)33(31,32)19-9-11-29(12-10-19)24(30)21-8-4-17(27)14-23(21)28/h1-8,13-14,19H,9-12H2. The lowest BCUT2D eigenvalue weighted by molar-refractivity contribution is 0.0721. The second-order valence-electron chi connectivity index (χ2n) is 7.81. The molecule has 1 aliphatic rings. The Morgan fingerprint density at radius 3 is 2.18 bits per heavy atom. The molecule has 3 aromatic rings. The van der Waals surface area contributed by atoms with E-state index in [0.29, 0.717) is 16.1 Å². The quantitative estimate of drug-likeness (QED) is 0.432. The van der Waals surface area contributed by atoms with Crippen LogP contribution < -0.4 is 0 Å². The third-order valence-corrected chi connectivity index (χ3v) is 8.58. The molecule has 1 heterocycles. The molecular weight excluding hydrogens is 491 g/mol. The Morgan fingerprint density at radius 1 is 0.909 bits per heavy atom. The summed E-state index contributed by atoms with van der Waals surface area (Å²) >= 11 is 12.2. The highest BCUT2D eigenvalue weighted by atomic mass is 35.5. The summed E-state index contributed by atoms with van der Waals surface area (Å²) in [6.07, 6.45) is 0.448. The van der Waals surface area contributed by atoms with Gasteiger partial charge < -0.3 is 4.90 Å². The molecule has 1 saturated heterocycles. The highest BCUT2D eigenvalue weighted by Crippen LogP contribution is 2.32. The van der Waals surface area contributed by atoms with Crippen molar-refractivity contribution in [3.63, 3.8) is 0 Å². The summed E-state index contributed by atoms with van der Waals surface area (Å²) in [4.78, 5) is 14.2. The Hall–Kier alpha value is -2.48. The van der Waals surface area contributed by atoms with Crippen molar-refractivity contribution in [3.8, 4) is 11.1 Å². The number of likely N-dealkylation sites (tertiary alicyclic amines) is 1. The average Bonchev–Trinajstić information content (AvgIpc) is 2.79. The molecule has 4 rings (SSSR count). The van der Waals surface area contributed by atoms with E-state index in [9.17, 15) is 22.0 Å². The summed E-state index contributed by atoms with van der Waals surface area (Å²) in [5, 5.41) is 0.312. The molecule has 0 unspecified atom stereocenters. The van der Waals surface area contributed by atoms with Gasteiger partial charge >= 0.3 is 0 Å². The van der Waals surface area contributed by atoms with Gasteiger partial charge in [0, 0.05) is 34.8 Å². The molecule has 33 heavy (non-hydrogen) atoms. The molecule has 0 N–H and O–H groups in total. The van der Waals surface area contributed by atoms with Crippen LogP contribution in [0.4, 0.5) is 8.78 Å². The first kappa shape index (κ1) is 23.7. The zero-order valence-electron chi connectivity index (χ0n) is 17.3. The summed E-state index contributed by atoms with van der Waals surface area (Å²) in [5.41, 5.74) is 1.27. The van der Waals surface area contributed by atoms with Gasteiger partial charge in [0.15, 0.2) is 9.84 Å². The van der Waals surface area contributed by atoms with Crippen molar-refractivity contribution in [3.05, 3.63) is 87.9 Å². The van der Waals surface area contributed by atoms with E-state index >= 15 is 0 Å². The molecule has 1 fully saturated rings. The van der Waals surface area contributed by atoms with Crippen LogP contribution in [-0.2, 0) is 9.84 Å². The third-order valence-electron chi connectivity index (χ3n) is 5.75. The van der Waals surface area contributed by atoms with E-state index in [4.69, 9.17) is 23.2 Å². The minimum Gasteiger partial charge on any atom is -0.338 e. The highest BCUT2D eigenvalue weighted by molar-refractivity contribution is 7.92. The van der Waals surface area contributed by atoms with E-state index < -0.39 is 32.6 Å². The lowest BCUT2D eigenvalue weighted by Crippen LogP contribution is -2.42. The van der Waals surface area contributed by atoms with Crippen molar-refractivity contribution in [2.75, 3.05) is 13.1 Å². The van der Waals surface area contributed by atoms with Crippen molar-refractivity contribution < 1.29 is 22.0 Å². The molecule has 0 spiro atoms. The van der Waals surface area contributed by atoms with Crippen LogP contribution in [0.2, 0.25) is 10.0 Å². The van der Waals surface area contributed by atoms with E-state index in [0.717, 1.165) is 23.3 Å². The van der Waals surface area contributed by atoms with Gasteiger partial charge in [0.25, 0.3) is 5.91 Å². The maximum absolute atomic E-state index is 13.9. The number of hydrogen-bond donors (Lipinski definition) is 0. The number of carbonyl (C=O) groups excluding carboxylic acids is 1. The predicted molar refractivity (Wildman–Crippen MR) is 124 cm³/mol. The van der Waals surface area contributed by atoms with Crippen LogP contribution in [0, 0.1) is 11.6 Å². The molecule has 3 aromatic carbocycles. The van der Waals surface area contributed by atoms with Gasteiger partial charge in [0.1, 0.15) is 11.6 Å². The van der Waals surface area contributed by atoms with Gasteiger partial charge in [0.2, 0.25) is 0 Å². The first-order valence-corrected chi connectivity index (χ1v) is 12.5. The van der Waals surface area contributed by atoms with Gasteiger partial charge in [-0.2, -0.15) is 0 Å². The molecule has 172 valence electrons. The lowest BCUT2D eigenvalue weighted by Gasteiger charge is -2.32. The Bertz CT molecular complexity index is 1310. The molecule has 9 heteroatoms. The van der Waals surface area contributed by atoms with Crippen molar-refractivity contribution in [2.24, 2.45) is 0 Å². The van der Waals surface area contributed by atoms with Crippen LogP contribution in [-0.4, -0.2) is 37.6 Å². The number of halogens is 4. The van der Waals surface area contributed by atoms with Gasteiger partial charge in [0.05, 0.1) is 15.7 Å². The van der Waals surface area contributed by atoms with E-state index in [1.54, 1.807) is 42.5 Å². The van der Waals surface area contributed by atoms with Crippen LogP contribution in [0.1, 0.15) is 23.2 Å². The first-order valence-electron chi connectivity index (χ1n) is 10.2. The molecule has 0 bridgehead atoms. The van der Waals surface area contributed by atoms with Crippen LogP contribution in [0.15, 0.2) is 65.6 Å². The highest BCUT2D eigenvalue weighted by Gasteiger charge is 2.33. The van der Waals surface area contributed by atoms with Crippen molar-refractivity contribution >= 4 is 38.9 Å². The van der Waals surface area contributed by atoms with Crippen LogP contribution in [0.25, 0.3) is 11.1 Å². The fourth-order valence-electron chi connectivity index (χ4n) is 3.94. The number of hydrogen-bond acceptors (Lipinski definition) is 3. The lowest BCUT2D eigenvalue weighted by atomic mass is 10.1. The van der Waals surface area contributed by atoms with Crippen LogP contribution >= 0.6 is 23.2 Å². The summed E-state index contributed by atoms with van der Waals surface area (Å²) in [6.45, 7) is 0.329. The Kier molecular flexibility index (Phi) is 6.75. The fraction of sp³-hybridized carbons (Fsp3) is 0.208. The minimum atomic E-state index is -3.62. The molecule has 1 aliphatic heterocycles. The smallest absolute Gasteiger partial charge is 0.256 e. The zero-order chi connectivity index (χ0) is 23.8. The Labute approximate surface area is 200 Å². The third kappa shape index (κ3) is 4.90. The molecule has 1 amide bonds.